The van der Waals surface area contributed by atoms with Crippen LogP contribution in [0.4, 0.5) is 4.79 Å². The van der Waals surface area contributed by atoms with Gasteiger partial charge in [0.15, 0.2) is 0 Å². The van der Waals surface area contributed by atoms with Gasteiger partial charge in [-0.3, -0.25) is 0 Å². The number of carbonyl (C=O) groups excluding carboxylic acids is 1. The van der Waals surface area contributed by atoms with E-state index in [-0.39, 0.29) is 37.0 Å². The molecule has 1 aromatic rings. The van der Waals surface area contributed by atoms with Gasteiger partial charge in [-0.05, 0) is 27.7 Å². The fourth-order valence-electron chi connectivity index (χ4n) is 1.61. The van der Waals surface area contributed by atoms with Crippen LogP contribution in [0, 0.1) is 6.07 Å². The zero-order chi connectivity index (χ0) is 12.1. The van der Waals surface area contributed by atoms with Gasteiger partial charge in [0.05, 0.1) is 0 Å². The molecule has 0 unspecified atom stereocenters. The number of rotatable bonds is 3. The molecule has 88 valence electrons. The molecule has 0 aliphatic heterocycles. The summed E-state index contributed by atoms with van der Waals surface area (Å²) in [4.78, 5) is 13.6. The average molecular weight is 227 g/mol. The third-order valence-electron chi connectivity index (χ3n) is 2.20. The second-order valence-electron chi connectivity index (χ2n) is 4.19. The minimum atomic E-state index is -0.326. The van der Waals surface area contributed by atoms with Crippen molar-refractivity contribution in [2.75, 3.05) is 0 Å². The average Bonchev–Trinajstić information content (AvgIpc) is 2.17. The molecule has 0 N–H and O–H groups in total. The van der Waals surface area contributed by atoms with Gasteiger partial charge in [-0.1, -0.05) is 0 Å². The number of para-hydroxylation sites is 1. The normalized spacial score (nSPS) is 10.0. The molecule has 0 spiro atoms. The molecule has 0 aliphatic carbocycles. The largest absolute Gasteiger partial charge is 1.00 e. The quantitative estimate of drug-likeness (QED) is 0.542. The van der Waals surface area contributed by atoms with Gasteiger partial charge in [0, 0.05) is 17.8 Å². The van der Waals surface area contributed by atoms with Crippen LogP contribution in [0.15, 0.2) is 24.3 Å². The van der Waals surface area contributed by atoms with E-state index in [1.54, 1.807) is 17.0 Å². The van der Waals surface area contributed by atoms with Crippen LogP contribution in [0.3, 0.4) is 0 Å². The second-order valence-corrected chi connectivity index (χ2v) is 4.19. The Kier molecular flexibility index (Phi) is 7.02. The Balaban J connectivity index is 0.00000256. The first kappa shape index (κ1) is 16.1. The van der Waals surface area contributed by atoms with Crippen molar-refractivity contribution in [3.8, 4) is 5.75 Å². The molecule has 0 aliphatic rings. The third kappa shape index (κ3) is 4.85. The topological polar surface area (TPSA) is 29.5 Å². The molecule has 1 rings (SSSR count). The van der Waals surface area contributed by atoms with E-state index in [0.717, 1.165) is 0 Å². The van der Waals surface area contributed by atoms with Gasteiger partial charge < -0.3 is 9.64 Å². The predicted octanol–water partition coefficient (Wildman–Crippen LogP) is 0.108. The molecule has 4 heteroatoms. The van der Waals surface area contributed by atoms with Crippen molar-refractivity contribution in [3.05, 3.63) is 30.3 Å². The van der Waals surface area contributed by atoms with Gasteiger partial charge in [-0.25, -0.2) is 4.79 Å². The molecule has 0 bridgehead atoms. The summed E-state index contributed by atoms with van der Waals surface area (Å²) in [5.41, 5.74) is 0. The van der Waals surface area contributed by atoms with Crippen LogP contribution < -0.4 is 23.6 Å². The van der Waals surface area contributed by atoms with Crippen molar-refractivity contribution < 1.29 is 28.4 Å². The van der Waals surface area contributed by atoms with E-state index in [9.17, 15) is 4.79 Å². The molecule has 0 heterocycles. The summed E-state index contributed by atoms with van der Waals surface area (Å²) < 4.78 is 5.23. The Hall–Kier alpha value is -0.913. The Morgan fingerprint density at radius 2 is 1.82 bits per heavy atom. The van der Waals surface area contributed by atoms with Crippen molar-refractivity contribution >= 4 is 6.09 Å². The van der Waals surface area contributed by atoms with E-state index < -0.39 is 0 Å². The number of ether oxygens (including phenoxy) is 1. The Bertz CT molecular complexity index is 331. The van der Waals surface area contributed by atoms with Gasteiger partial charge in [-0.15, -0.1) is 12.1 Å². The minimum Gasteiger partial charge on any atom is -0.437 e. The van der Waals surface area contributed by atoms with Gasteiger partial charge in [0.25, 0.3) is 0 Å². The summed E-state index contributed by atoms with van der Waals surface area (Å²) in [5, 5.41) is 0. The van der Waals surface area contributed by atoms with Crippen molar-refractivity contribution in [1.29, 1.82) is 0 Å². The van der Waals surface area contributed by atoms with Crippen LogP contribution in [-0.2, 0) is 0 Å². The number of amides is 1. The van der Waals surface area contributed by atoms with Crippen LogP contribution in [0.2, 0.25) is 0 Å². The summed E-state index contributed by atoms with van der Waals surface area (Å²) in [6, 6.07) is 10.2. The van der Waals surface area contributed by atoms with Crippen molar-refractivity contribution in [2.24, 2.45) is 0 Å². The second kappa shape index (κ2) is 7.42. The van der Waals surface area contributed by atoms with Gasteiger partial charge >= 0.3 is 25.0 Å². The van der Waals surface area contributed by atoms with Crippen molar-refractivity contribution in [1.82, 2.24) is 4.90 Å². The summed E-state index contributed by atoms with van der Waals surface area (Å²) in [5.74, 6) is 0.457. The summed E-state index contributed by atoms with van der Waals surface area (Å²) in [6.07, 6.45) is -0.326. The predicted molar refractivity (Wildman–Crippen MR) is 63.4 cm³/mol. The minimum absolute atomic E-state index is 0. The molecule has 1 amide bonds. The molecule has 0 aromatic heterocycles. The van der Waals surface area contributed by atoms with Gasteiger partial charge in [0.2, 0.25) is 0 Å². The first-order chi connectivity index (χ1) is 7.52. The van der Waals surface area contributed by atoms with E-state index in [1.807, 2.05) is 39.8 Å². The number of nitrogens with zero attached hydrogens (tertiary/aromatic N) is 1. The summed E-state index contributed by atoms with van der Waals surface area (Å²) >= 11 is 0. The molecule has 0 fully saturated rings. The first-order valence-corrected chi connectivity index (χ1v) is 5.49. The maximum atomic E-state index is 11.9. The molecule has 0 saturated heterocycles. The zero-order valence-corrected chi connectivity index (χ0v) is 11.2. The van der Waals surface area contributed by atoms with E-state index in [2.05, 4.69) is 6.07 Å². The van der Waals surface area contributed by atoms with E-state index in [1.165, 1.54) is 0 Å². The van der Waals surface area contributed by atoms with Crippen LogP contribution >= 0.6 is 0 Å². The number of hydrogen-bond donors (Lipinski definition) is 0. The number of carbonyl (C=O) groups is 1. The van der Waals surface area contributed by atoms with E-state index in [0.29, 0.717) is 5.75 Å². The fourth-order valence-corrected chi connectivity index (χ4v) is 1.61. The maximum Gasteiger partial charge on any atom is 1.00 e. The molecular formula is C13H18LiNO2. The molecular weight excluding hydrogens is 209 g/mol. The molecule has 0 saturated carbocycles. The maximum absolute atomic E-state index is 11.9. The number of benzene rings is 1. The van der Waals surface area contributed by atoms with Crippen LogP contribution in [0.25, 0.3) is 0 Å². The van der Waals surface area contributed by atoms with Crippen LogP contribution in [0.1, 0.15) is 27.7 Å². The molecule has 0 radical (unpaired) electrons. The SMILES string of the molecule is CC(C)N(C(=O)Oc1[c-]cccc1)C(C)C.[Li+]. The Morgan fingerprint density at radius 3 is 2.24 bits per heavy atom. The third-order valence-corrected chi connectivity index (χ3v) is 2.20. The Morgan fingerprint density at radius 1 is 1.24 bits per heavy atom. The Labute approximate surface area is 115 Å². The first-order valence-electron chi connectivity index (χ1n) is 5.49. The monoisotopic (exact) mass is 227 g/mol. The fraction of sp³-hybridized carbons (Fsp3) is 0.462. The zero-order valence-electron chi connectivity index (χ0n) is 11.2. The van der Waals surface area contributed by atoms with Crippen molar-refractivity contribution in [3.63, 3.8) is 0 Å². The van der Waals surface area contributed by atoms with E-state index >= 15 is 0 Å². The standard InChI is InChI=1S/C13H18NO2.Li/c1-10(2)14(11(3)4)13(15)16-12-8-6-5-7-9-12;/h5-8,10-11H,1-4H3;/q-1;+1. The molecule has 3 nitrogen and oxygen atoms in total. The van der Waals surface area contributed by atoms with Gasteiger partial charge in [-0.2, -0.15) is 18.2 Å². The van der Waals surface area contributed by atoms with Crippen LogP contribution in [-0.4, -0.2) is 23.1 Å². The van der Waals surface area contributed by atoms with Crippen molar-refractivity contribution in [2.45, 2.75) is 39.8 Å². The molecule has 17 heavy (non-hydrogen) atoms. The smallest absolute Gasteiger partial charge is 0.437 e. The molecule has 0 atom stereocenters. The summed E-state index contributed by atoms with van der Waals surface area (Å²) in [7, 11) is 0. The van der Waals surface area contributed by atoms with Crippen LogP contribution in [0.5, 0.6) is 5.75 Å². The van der Waals surface area contributed by atoms with Gasteiger partial charge in [0.1, 0.15) is 0 Å². The summed E-state index contributed by atoms with van der Waals surface area (Å²) in [6.45, 7) is 7.87. The molecule has 1 aromatic carbocycles. The van der Waals surface area contributed by atoms with E-state index in [4.69, 9.17) is 4.74 Å². The number of hydrogen-bond acceptors (Lipinski definition) is 2.